The minimum Gasteiger partial charge on any atom is -0.497 e. The molecule has 0 radical (unpaired) electrons. The van der Waals surface area contributed by atoms with Gasteiger partial charge in [-0.2, -0.15) is 0 Å². The molecule has 0 aliphatic carbocycles. The normalized spacial score (nSPS) is 10.0. The molecule has 0 aliphatic rings. The highest BCUT2D eigenvalue weighted by Gasteiger charge is 2.14. The second-order valence-electron chi connectivity index (χ2n) is 5.24. The molecule has 0 aromatic heterocycles. The molecule has 0 saturated carbocycles. The van der Waals surface area contributed by atoms with E-state index in [0.717, 1.165) is 5.75 Å². The standard InChI is InChI=1S/C19H23NO6/c1-22-14-5-7-15(8-6-14)26-10-9-18(21)20-13-11-16(23-2)19(25-4)17(12-13)24-3/h5-8,11-12H,9-10H2,1-4H3,(H,20,21). The molecule has 0 unspecified atom stereocenters. The Morgan fingerprint density at radius 3 is 1.92 bits per heavy atom. The summed E-state index contributed by atoms with van der Waals surface area (Å²) in [5.74, 6) is 2.64. The predicted molar refractivity (Wildman–Crippen MR) is 97.8 cm³/mol. The van der Waals surface area contributed by atoms with Crippen molar-refractivity contribution in [1.29, 1.82) is 0 Å². The van der Waals surface area contributed by atoms with Gasteiger partial charge in [-0.25, -0.2) is 0 Å². The van der Waals surface area contributed by atoms with Gasteiger partial charge in [-0.1, -0.05) is 0 Å². The van der Waals surface area contributed by atoms with E-state index in [1.807, 2.05) is 0 Å². The molecule has 0 fully saturated rings. The van der Waals surface area contributed by atoms with E-state index in [4.69, 9.17) is 23.7 Å². The van der Waals surface area contributed by atoms with Gasteiger partial charge in [-0.05, 0) is 24.3 Å². The van der Waals surface area contributed by atoms with Crippen molar-refractivity contribution in [3.05, 3.63) is 36.4 Å². The third kappa shape index (κ3) is 4.95. The average Bonchev–Trinajstić information content (AvgIpc) is 2.67. The first-order chi connectivity index (χ1) is 12.6. The summed E-state index contributed by atoms with van der Waals surface area (Å²) in [6.45, 7) is 0.253. The second-order valence-corrected chi connectivity index (χ2v) is 5.24. The Labute approximate surface area is 152 Å². The van der Waals surface area contributed by atoms with E-state index in [1.54, 1.807) is 43.5 Å². The summed E-state index contributed by atoms with van der Waals surface area (Å²) in [6, 6.07) is 10.5. The molecule has 7 heteroatoms. The number of carbonyl (C=O) groups excluding carboxylic acids is 1. The van der Waals surface area contributed by atoms with Crippen molar-refractivity contribution in [3.8, 4) is 28.7 Å². The van der Waals surface area contributed by atoms with Gasteiger partial charge in [0.2, 0.25) is 11.7 Å². The molecule has 1 N–H and O–H groups in total. The summed E-state index contributed by atoms with van der Waals surface area (Å²) in [6.07, 6.45) is 0.197. The van der Waals surface area contributed by atoms with E-state index in [9.17, 15) is 4.79 Å². The van der Waals surface area contributed by atoms with E-state index in [0.29, 0.717) is 28.7 Å². The first-order valence-electron chi connectivity index (χ1n) is 7.98. The summed E-state index contributed by atoms with van der Waals surface area (Å²) in [4.78, 5) is 12.1. The second kappa shape index (κ2) is 9.41. The van der Waals surface area contributed by atoms with Gasteiger partial charge in [0.1, 0.15) is 11.5 Å². The Morgan fingerprint density at radius 1 is 0.846 bits per heavy atom. The van der Waals surface area contributed by atoms with Crippen LogP contribution in [0.15, 0.2) is 36.4 Å². The largest absolute Gasteiger partial charge is 0.497 e. The topological polar surface area (TPSA) is 75.3 Å². The number of anilines is 1. The van der Waals surface area contributed by atoms with Crippen molar-refractivity contribution in [3.63, 3.8) is 0 Å². The Hall–Kier alpha value is -3.09. The molecule has 140 valence electrons. The molecule has 0 atom stereocenters. The fraction of sp³-hybridized carbons (Fsp3) is 0.316. The molecule has 0 spiro atoms. The number of carbonyl (C=O) groups is 1. The molecule has 26 heavy (non-hydrogen) atoms. The van der Waals surface area contributed by atoms with E-state index in [1.165, 1.54) is 21.3 Å². The third-order valence-corrected chi connectivity index (χ3v) is 3.61. The Bertz CT molecular complexity index is 704. The van der Waals surface area contributed by atoms with Gasteiger partial charge >= 0.3 is 0 Å². The first kappa shape index (κ1) is 19.2. The fourth-order valence-corrected chi connectivity index (χ4v) is 2.31. The summed E-state index contributed by atoms with van der Waals surface area (Å²) >= 11 is 0. The number of hydrogen-bond donors (Lipinski definition) is 1. The molecule has 1 amide bonds. The van der Waals surface area contributed by atoms with Crippen LogP contribution in [0.25, 0.3) is 0 Å². The average molecular weight is 361 g/mol. The maximum absolute atomic E-state index is 12.1. The number of hydrogen-bond acceptors (Lipinski definition) is 6. The Morgan fingerprint density at radius 2 is 1.42 bits per heavy atom. The molecular weight excluding hydrogens is 338 g/mol. The number of rotatable bonds is 9. The third-order valence-electron chi connectivity index (χ3n) is 3.61. The summed E-state index contributed by atoms with van der Waals surface area (Å²) in [7, 11) is 6.16. The van der Waals surface area contributed by atoms with Crippen molar-refractivity contribution in [2.45, 2.75) is 6.42 Å². The van der Waals surface area contributed by atoms with Crippen molar-refractivity contribution in [2.75, 3.05) is 40.4 Å². The van der Waals surface area contributed by atoms with Gasteiger partial charge in [-0.3, -0.25) is 4.79 Å². The molecule has 0 aliphatic heterocycles. The van der Waals surface area contributed by atoms with E-state index < -0.39 is 0 Å². The number of benzene rings is 2. The van der Waals surface area contributed by atoms with E-state index in [-0.39, 0.29) is 18.9 Å². The van der Waals surface area contributed by atoms with Crippen LogP contribution in [-0.2, 0) is 4.79 Å². The fourth-order valence-electron chi connectivity index (χ4n) is 2.31. The zero-order valence-corrected chi connectivity index (χ0v) is 15.3. The van der Waals surface area contributed by atoms with Crippen molar-refractivity contribution >= 4 is 11.6 Å². The first-order valence-corrected chi connectivity index (χ1v) is 7.98. The van der Waals surface area contributed by atoms with Crippen LogP contribution >= 0.6 is 0 Å². The van der Waals surface area contributed by atoms with E-state index in [2.05, 4.69) is 5.32 Å². The maximum atomic E-state index is 12.1. The van der Waals surface area contributed by atoms with Gasteiger partial charge in [0, 0.05) is 17.8 Å². The quantitative estimate of drug-likeness (QED) is 0.740. The lowest BCUT2D eigenvalue weighted by molar-refractivity contribution is -0.116. The maximum Gasteiger partial charge on any atom is 0.227 e. The predicted octanol–water partition coefficient (Wildman–Crippen LogP) is 3.13. The van der Waals surface area contributed by atoms with Crippen molar-refractivity contribution < 1.29 is 28.5 Å². The van der Waals surface area contributed by atoms with Crippen LogP contribution in [-0.4, -0.2) is 41.0 Å². The van der Waals surface area contributed by atoms with Gasteiger partial charge in [0.05, 0.1) is 41.5 Å². The van der Waals surface area contributed by atoms with E-state index >= 15 is 0 Å². The molecule has 2 rings (SSSR count). The number of nitrogens with one attached hydrogen (secondary N) is 1. The molecule has 0 saturated heterocycles. The number of amides is 1. The lowest BCUT2D eigenvalue weighted by Gasteiger charge is -2.14. The minimum atomic E-state index is -0.187. The lowest BCUT2D eigenvalue weighted by Crippen LogP contribution is -2.15. The number of ether oxygens (including phenoxy) is 5. The lowest BCUT2D eigenvalue weighted by atomic mass is 10.2. The van der Waals surface area contributed by atoms with Crippen molar-refractivity contribution in [2.24, 2.45) is 0 Å². The molecule has 0 bridgehead atoms. The van der Waals surface area contributed by atoms with Crippen LogP contribution in [0.4, 0.5) is 5.69 Å². The highest BCUT2D eigenvalue weighted by molar-refractivity contribution is 5.91. The van der Waals surface area contributed by atoms with Crippen LogP contribution in [0, 0.1) is 0 Å². The minimum absolute atomic E-state index is 0.187. The van der Waals surface area contributed by atoms with Gasteiger partial charge in [-0.15, -0.1) is 0 Å². The Balaban J connectivity index is 1.92. The highest BCUT2D eigenvalue weighted by Crippen LogP contribution is 2.39. The van der Waals surface area contributed by atoms with Crippen LogP contribution < -0.4 is 29.0 Å². The van der Waals surface area contributed by atoms with Crippen LogP contribution in [0.5, 0.6) is 28.7 Å². The van der Waals surface area contributed by atoms with Gasteiger partial charge in [0.15, 0.2) is 11.5 Å². The monoisotopic (exact) mass is 361 g/mol. The molecule has 0 heterocycles. The summed E-state index contributed by atoms with van der Waals surface area (Å²) in [5, 5.41) is 2.79. The summed E-state index contributed by atoms with van der Waals surface area (Å²) in [5.41, 5.74) is 0.550. The van der Waals surface area contributed by atoms with Crippen molar-refractivity contribution in [1.82, 2.24) is 0 Å². The van der Waals surface area contributed by atoms with Gasteiger partial charge in [0.25, 0.3) is 0 Å². The number of methoxy groups -OCH3 is 4. The highest BCUT2D eigenvalue weighted by atomic mass is 16.5. The molecular formula is C19H23NO6. The molecule has 7 nitrogen and oxygen atoms in total. The SMILES string of the molecule is COc1ccc(OCCC(=O)Nc2cc(OC)c(OC)c(OC)c2)cc1. The smallest absolute Gasteiger partial charge is 0.227 e. The summed E-state index contributed by atoms with van der Waals surface area (Å²) < 4.78 is 26.4. The van der Waals surface area contributed by atoms with Crippen LogP contribution in [0.1, 0.15) is 6.42 Å². The van der Waals surface area contributed by atoms with Crippen LogP contribution in [0.3, 0.4) is 0 Å². The zero-order valence-electron chi connectivity index (χ0n) is 15.3. The zero-order chi connectivity index (χ0) is 18.9. The van der Waals surface area contributed by atoms with Gasteiger partial charge < -0.3 is 29.0 Å². The molecule has 2 aromatic carbocycles. The Kier molecular flexibility index (Phi) is 6.96. The molecule has 2 aromatic rings. The van der Waals surface area contributed by atoms with Crippen LogP contribution in [0.2, 0.25) is 0 Å².